The maximum absolute atomic E-state index is 12.9. The van der Waals surface area contributed by atoms with Crippen LogP contribution in [0, 0.1) is 0 Å². The van der Waals surface area contributed by atoms with Gasteiger partial charge in [-0.3, -0.25) is 9.59 Å². The summed E-state index contributed by atoms with van der Waals surface area (Å²) in [6.45, 7) is 0. The molecule has 1 fully saturated rings. The average molecular weight is 384 g/mol. The molecule has 1 unspecified atom stereocenters. The van der Waals surface area contributed by atoms with E-state index < -0.39 is 21.9 Å². The minimum Gasteiger partial charge on any atom is -0.334 e. The number of rotatable bonds is 2. The van der Waals surface area contributed by atoms with Gasteiger partial charge < -0.3 is 10.6 Å². The molecule has 8 heteroatoms. The molecule has 7 nitrogen and oxygen atoms in total. The van der Waals surface area contributed by atoms with Crippen molar-refractivity contribution in [2.75, 3.05) is 16.8 Å². The van der Waals surface area contributed by atoms with Crippen LogP contribution in [0.4, 0.5) is 10.5 Å². The summed E-state index contributed by atoms with van der Waals surface area (Å²) in [4.78, 5) is 37.9. The number of amides is 2. The molecule has 1 heterocycles. The van der Waals surface area contributed by atoms with Gasteiger partial charge in [-0.25, -0.2) is 13.2 Å². The van der Waals surface area contributed by atoms with Crippen molar-refractivity contribution in [3.63, 3.8) is 0 Å². The Kier molecular flexibility index (Phi) is 4.07. The van der Waals surface area contributed by atoms with Crippen LogP contribution in [-0.2, 0) is 9.84 Å². The summed E-state index contributed by atoms with van der Waals surface area (Å²) >= 11 is 0. The molecule has 1 aliphatic heterocycles. The minimum absolute atomic E-state index is 0.0441. The molecule has 1 atom stereocenters. The molecule has 0 spiro atoms. The number of carbonyl (C=O) groups excluding carboxylic acids is 3. The molecule has 27 heavy (non-hydrogen) atoms. The molecular formula is C19H16N2O5S. The third kappa shape index (κ3) is 3.12. The fourth-order valence-corrected chi connectivity index (χ4v) is 5.18. The van der Waals surface area contributed by atoms with Crippen LogP contribution < -0.4 is 10.6 Å². The highest BCUT2D eigenvalue weighted by molar-refractivity contribution is 7.91. The van der Waals surface area contributed by atoms with E-state index in [4.69, 9.17) is 0 Å². The smallest absolute Gasteiger partial charge is 0.319 e. The van der Waals surface area contributed by atoms with E-state index in [1.165, 1.54) is 0 Å². The van der Waals surface area contributed by atoms with Gasteiger partial charge >= 0.3 is 6.03 Å². The van der Waals surface area contributed by atoms with Gasteiger partial charge in [0.1, 0.15) is 0 Å². The summed E-state index contributed by atoms with van der Waals surface area (Å²) < 4.78 is 23.0. The van der Waals surface area contributed by atoms with Crippen LogP contribution in [-0.4, -0.2) is 43.6 Å². The first-order valence-corrected chi connectivity index (χ1v) is 10.3. The van der Waals surface area contributed by atoms with Gasteiger partial charge in [-0.1, -0.05) is 36.4 Å². The molecule has 2 aliphatic rings. The van der Waals surface area contributed by atoms with E-state index in [1.54, 1.807) is 42.5 Å². The second-order valence-corrected chi connectivity index (χ2v) is 8.86. The maximum atomic E-state index is 12.9. The van der Waals surface area contributed by atoms with Gasteiger partial charge in [-0.2, -0.15) is 0 Å². The lowest BCUT2D eigenvalue weighted by Crippen LogP contribution is -2.39. The second-order valence-electron chi connectivity index (χ2n) is 6.63. The van der Waals surface area contributed by atoms with E-state index in [0.29, 0.717) is 17.5 Å². The van der Waals surface area contributed by atoms with Crippen LogP contribution in [0.15, 0.2) is 42.5 Å². The number of urea groups is 1. The first kappa shape index (κ1) is 17.4. The predicted molar refractivity (Wildman–Crippen MR) is 99.0 cm³/mol. The van der Waals surface area contributed by atoms with Crippen molar-refractivity contribution in [3.05, 3.63) is 64.7 Å². The van der Waals surface area contributed by atoms with Crippen molar-refractivity contribution in [2.24, 2.45) is 0 Å². The van der Waals surface area contributed by atoms with Crippen LogP contribution in [0.1, 0.15) is 38.3 Å². The van der Waals surface area contributed by atoms with Crippen molar-refractivity contribution >= 4 is 33.1 Å². The Morgan fingerprint density at radius 2 is 1.59 bits per heavy atom. The van der Waals surface area contributed by atoms with Crippen molar-refractivity contribution in [3.8, 4) is 0 Å². The van der Waals surface area contributed by atoms with E-state index in [0.717, 1.165) is 0 Å². The normalized spacial score (nSPS) is 19.9. The Balaban J connectivity index is 1.61. The van der Waals surface area contributed by atoms with Gasteiger partial charge in [-0.15, -0.1) is 0 Å². The molecule has 2 N–H and O–H groups in total. The molecular weight excluding hydrogens is 368 g/mol. The Bertz CT molecular complexity index is 1090. The number of sulfone groups is 1. The summed E-state index contributed by atoms with van der Waals surface area (Å²) in [7, 11) is -3.12. The molecule has 0 bridgehead atoms. The number of anilines is 1. The van der Waals surface area contributed by atoms with E-state index in [1.807, 2.05) is 0 Å². The van der Waals surface area contributed by atoms with Crippen LogP contribution in [0.25, 0.3) is 0 Å². The molecule has 1 saturated heterocycles. The number of hydrogen-bond donors (Lipinski definition) is 2. The lowest BCUT2D eigenvalue weighted by atomic mass is 9.83. The standard InChI is InChI=1S/C19H16N2O5S/c22-17-12-4-1-2-5-13(12)18(23)16-14(17)6-3-7-15(16)21-19(24)20-11-8-9-27(25,26)10-11/h1-7,11H,8-10H2,(H2,20,21,24). The van der Waals surface area contributed by atoms with Crippen molar-refractivity contribution < 1.29 is 22.8 Å². The first-order chi connectivity index (χ1) is 12.9. The highest BCUT2D eigenvalue weighted by atomic mass is 32.2. The van der Waals surface area contributed by atoms with Gasteiger partial charge in [0, 0.05) is 22.7 Å². The van der Waals surface area contributed by atoms with E-state index in [-0.39, 0.29) is 39.9 Å². The summed E-state index contributed by atoms with van der Waals surface area (Å²) in [6.07, 6.45) is 0.355. The summed E-state index contributed by atoms with van der Waals surface area (Å²) in [5, 5.41) is 5.20. The van der Waals surface area contributed by atoms with Crippen molar-refractivity contribution in [2.45, 2.75) is 12.5 Å². The third-order valence-electron chi connectivity index (χ3n) is 4.77. The Labute approximate surface area is 155 Å². The van der Waals surface area contributed by atoms with Gasteiger partial charge in [0.05, 0.1) is 22.8 Å². The monoisotopic (exact) mass is 384 g/mol. The molecule has 2 amide bonds. The fourth-order valence-electron chi connectivity index (χ4n) is 3.50. The number of ketones is 2. The lowest BCUT2D eigenvalue weighted by Gasteiger charge is -2.21. The summed E-state index contributed by atoms with van der Waals surface area (Å²) in [5.74, 6) is -0.661. The summed E-state index contributed by atoms with van der Waals surface area (Å²) in [5.41, 5.74) is 1.24. The van der Waals surface area contributed by atoms with E-state index in [9.17, 15) is 22.8 Å². The largest absolute Gasteiger partial charge is 0.334 e. The quantitative estimate of drug-likeness (QED) is 0.700. The zero-order chi connectivity index (χ0) is 19.2. The van der Waals surface area contributed by atoms with Crippen molar-refractivity contribution in [1.29, 1.82) is 0 Å². The highest BCUT2D eigenvalue weighted by Gasteiger charge is 2.32. The third-order valence-corrected chi connectivity index (χ3v) is 6.54. The molecule has 0 aromatic heterocycles. The lowest BCUT2D eigenvalue weighted by molar-refractivity contribution is 0.0979. The van der Waals surface area contributed by atoms with Crippen LogP contribution >= 0.6 is 0 Å². The molecule has 2 aromatic rings. The molecule has 138 valence electrons. The van der Waals surface area contributed by atoms with Gasteiger partial charge in [0.2, 0.25) is 0 Å². The first-order valence-electron chi connectivity index (χ1n) is 8.45. The predicted octanol–water partition coefficient (Wildman–Crippen LogP) is 1.77. The molecule has 4 rings (SSSR count). The van der Waals surface area contributed by atoms with E-state index in [2.05, 4.69) is 10.6 Å². The fraction of sp³-hybridized carbons (Fsp3) is 0.211. The van der Waals surface area contributed by atoms with Gasteiger partial charge in [0.25, 0.3) is 0 Å². The number of fused-ring (bicyclic) bond motifs is 2. The van der Waals surface area contributed by atoms with Crippen molar-refractivity contribution in [1.82, 2.24) is 5.32 Å². The average Bonchev–Trinajstić information content (AvgIpc) is 2.97. The Morgan fingerprint density at radius 3 is 2.26 bits per heavy atom. The van der Waals surface area contributed by atoms with Crippen LogP contribution in [0.5, 0.6) is 0 Å². The molecule has 2 aromatic carbocycles. The second kappa shape index (κ2) is 6.31. The number of carbonyl (C=O) groups is 3. The van der Waals surface area contributed by atoms with Crippen LogP contribution in [0.2, 0.25) is 0 Å². The zero-order valence-electron chi connectivity index (χ0n) is 14.2. The van der Waals surface area contributed by atoms with Gasteiger partial charge in [0.15, 0.2) is 21.4 Å². The maximum Gasteiger partial charge on any atom is 0.319 e. The van der Waals surface area contributed by atoms with Crippen LogP contribution in [0.3, 0.4) is 0 Å². The number of benzene rings is 2. The van der Waals surface area contributed by atoms with E-state index >= 15 is 0 Å². The Hall–Kier alpha value is -3.00. The minimum atomic E-state index is -3.12. The zero-order valence-corrected chi connectivity index (χ0v) is 15.0. The SMILES string of the molecule is O=C(Nc1cccc2c1C(=O)c1ccccc1C2=O)NC1CCS(=O)(=O)C1. The molecule has 1 aliphatic carbocycles. The summed E-state index contributed by atoms with van der Waals surface area (Å²) in [6, 6.07) is 10.2. The van der Waals surface area contributed by atoms with Gasteiger partial charge in [-0.05, 0) is 12.5 Å². The molecule has 0 radical (unpaired) electrons. The Morgan fingerprint density at radius 1 is 0.926 bits per heavy atom. The topological polar surface area (TPSA) is 109 Å². The number of hydrogen-bond acceptors (Lipinski definition) is 5. The molecule has 0 saturated carbocycles. The number of nitrogens with one attached hydrogen (secondary N) is 2. The highest BCUT2D eigenvalue weighted by Crippen LogP contribution is 2.31.